The molecule has 0 N–H and O–H groups in total. The zero-order chi connectivity index (χ0) is 12.8. The molecule has 0 saturated carbocycles. The van der Waals surface area contributed by atoms with Gasteiger partial charge in [0.25, 0.3) is 5.91 Å². The lowest BCUT2D eigenvalue weighted by Crippen LogP contribution is -2.31. The number of carbonyl (C=O) groups is 1. The molecule has 2 rings (SSSR count). The standard InChI is InChI=1S/C13H12N2O3/c14-6-3-7-15(10-11-4-1-8-17-11)13(16)12-5-2-9-18-12/h1-2,4-5,8-9H,3,7,10H2. The lowest BCUT2D eigenvalue weighted by atomic mass is 10.3. The Morgan fingerprint density at radius 1 is 1.28 bits per heavy atom. The molecule has 0 aliphatic heterocycles. The number of amides is 1. The summed E-state index contributed by atoms with van der Waals surface area (Å²) in [7, 11) is 0. The smallest absolute Gasteiger partial charge is 0.289 e. The van der Waals surface area contributed by atoms with Crippen molar-refractivity contribution < 1.29 is 13.6 Å². The first-order valence-electron chi connectivity index (χ1n) is 5.53. The Labute approximate surface area is 104 Å². The fourth-order valence-electron chi connectivity index (χ4n) is 1.58. The van der Waals surface area contributed by atoms with Crippen LogP contribution in [0.3, 0.4) is 0 Å². The Kier molecular flexibility index (Phi) is 3.82. The van der Waals surface area contributed by atoms with Crippen molar-refractivity contribution in [1.82, 2.24) is 4.90 Å². The Morgan fingerprint density at radius 3 is 2.67 bits per heavy atom. The minimum Gasteiger partial charge on any atom is -0.467 e. The SMILES string of the molecule is N#CCCN(Cc1ccco1)C(=O)c1ccco1. The second-order valence-corrected chi connectivity index (χ2v) is 3.69. The highest BCUT2D eigenvalue weighted by molar-refractivity contribution is 5.91. The summed E-state index contributed by atoms with van der Waals surface area (Å²) in [6.45, 7) is 0.672. The minimum absolute atomic E-state index is 0.244. The molecule has 1 amide bonds. The van der Waals surface area contributed by atoms with Crippen LogP contribution in [-0.4, -0.2) is 17.4 Å². The van der Waals surface area contributed by atoms with E-state index in [1.54, 1.807) is 30.5 Å². The van der Waals surface area contributed by atoms with Crippen LogP contribution in [-0.2, 0) is 6.54 Å². The number of carbonyl (C=O) groups excluding carboxylic acids is 1. The van der Waals surface area contributed by atoms with Gasteiger partial charge in [-0.15, -0.1) is 0 Å². The Bertz CT molecular complexity index is 523. The first-order valence-corrected chi connectivity index (χ1v) is 5.53. The molecule has 18 heavy (non-hydrogen) atoms. The molecule has 0 aliphatic rings. The van der Waals surface area contributed by atoms with Crippen LogP contribution in [0, 0.1) is 11.3 Å². The van der Waals surface area contributed by atoms with Gasteiger partial charge < -0.3 is 13.7 Å². The van der Waals surface area contributed by atoms with Crippen LogP contribution in [0.1, 0.15) is 22.7 Å². The number of nitriles is 1. The molecule has 0 fully saturated rings. The van der Waals surface area contributed by atoms with Crippen LogP contribution < -0.4 is 0 Å². The number of rotatable bonds is 5. The van der Waals surface area contributed by atoms with Crippen LogP contribution in [0.2, 0.25) is 0 Å². The van der Waals surface area contributed by atoms with Gasteiger partial charge in [-0.05, 0) is 24.3 Å². The fraction of sp³-hybridized carbons (Fsp3) is 0.231. The van der Waals surface area contributed by atoms with Gasteiger partial charge in [0, 0.05) is 6.54 Å². The third kappa shape index (κ3) is 2.80. The molecular formula is C13H12N2O3. The molecule has 0 radical (unpaired) electrons. The average Bonchev–Trinajstić information content (AvgIpc) is 3.06. The lowest BCUT2D eigenvalue weighted by molar-refractivity contribution is 0.0703. The van der Waals surface area contributed by atoms with Gasteiger partial charge in [0.05, 0.1) is 31.6 Å². The summed E-state index contributed by atoms with van der Waals surface area (Å²) in [5, 5.41) is 8.62. The molecule has 0 unspecified atom stereocenters. The molecular weight excluding hydrogens is 232 g/mol. The van der Waals surface area contributed by atoms with Crippen LogP contribution in [0.5, 0.6) is 0 Å². The minimum atomic E-state index is -0.244. The number of hydrogen-bond acceptors (Lipinski definition) is 4. The van der Waals surface area contributed by atoms with Crippen molar-refractivity contribution in [1.29, 1.82) is 5.26 Å². The average molecular weight is 244 g/mol. The molecule has 0 atom stereocenters. The van der Waals surface area contributed by atoms with E-state index >= 15 is 0 Å². The van der Waals surface area contributed by atoms with Crippen LogP contribution in [0.25, 0.3) is 0 Å². The number of furan rings is 2. The van der Waals surface area contributed by atoms with E-state index in [1.807, 2.05) is 6.07 Å². The van der Waals surface area contributed by atoms with Gasteiger partial charge in [-0.2, -0.15) is 5.26 Å². The monoisotopic (exact) mass is 244 g/mol. The second-order valence-electron chi connectivity index (χ2n) is 3.69. The van der Waals surface area contributed by atoms with Crippen molar-refractivity contribution in [3.05, 3.63) is 48.3 Å². The van der Waals surface area contributed by atoms with Crippen LogP contribution >= 0.6 is 0 Å². The maximum atomic E-state index is 12.1. The predicted octanol–water partition coefficient (Wildman–Crippen LogP) is 2.43. The molecule has 0 bridgehead atoms. The molecule has 0 spiro atoms. The summed E-state index contributed by atoms with van der Waals surface area (Å²) in [6, 6.07) is 8.82. The Morgan fingerprint density at radius 2 is 2.06 bits per heavy atom. The van der Waals surface area contributed by atoms with E-state index in [0.717, 1.165) is 0 Å². The topological polar surface area (TPSA) is 70.4 Å². The fourth-order valence-corrected chi connectivity index (χ4v) is 1.58. The second kappa shape index (κ2) is 5.73. The van der Waals surface area contributed by atoms with Gasteiger partial charge in [-0.1, -0.05) is 0 Å². The molecule has 0 aromatic carbocycles. The van der Waals surface area contributed by atoms with Crippen molar-refractivity contribution in [3.63, 3.8) is 0 Å². The third-order valence-corrected chi connectivity index (χ3v) is 2.44. The lowest BCUT2D eigenvalue weighted by Gasteiger charge is -2.18. The molecule has 0 saturated heterocycles. The van der Waals surface area contributed by atoms with E-state index in [4.69, 9.17) is 14.1 Å². The van der Waals surface area contributed by atoms with Gasteiger partial charge in [-0.3, -0.25) is 4.79 Å². The molecule has 5 nitrogen and oxygen atoms in total. The highest BCUT2D eigenvalue weighted by Crippen LogP contribution is 2.11. The molecule has 5 heteroatoms. The van der Waals surface area contributed by atoms with E-state index < -0.39 is 0 Å². The Hall–Kier alpha value is -2.48. The summed E-state index contributed by atoms with van der Waals surface area (Å²) in [5.74, 6) is 0.694. The van der Waals surface area contributed by atoms with Crippen molar-refractivity contribution >= 4 is 5.91 Å². The van der Waals surface area contributed by atoms with E-state index in [2.05, 4.69) is 0 Å². The molecule has 2 aromatic rings. The molecule has 92 valence electrons. The van der Waals surface area contributed by atoms with Gasteiger partial charge in [-0.25, -0.2) is 0 Å². The zero-order valence-electron chi connectivity index (χ0n) is 9.70. The summed E-state index contributed by atoms with van der Waals surface area (Å²) in [4.78, 5) is 13.6. The van der Waals surface area contributed by atoms with Crippen molar-refractivity contribution in [2.24, 2.45) is 0 Å². The largest absolute Gasteiger partial charge is 0.467 e. The van der Waals surface area contributed by atoms with E-state index in [9.17, 15) is 4.79 Å². The molecule has 2 heterocycles. The normalized spacial score (nSPS) is 9.94. The van der Waals surface area contributed by atoms with Gasteiger partial charge in [0.1, 0.15) is 5.76 Å². The number of hydrogen-bond donors (Lipinski definition) is 0. The summed E-state index contributed by atoms with van der Waals surface area (Å²) in [6.07, 6.45) is 3.27. The van der Waals surface area contributed by atoms with Gasteiger partial charge in [0.15, 0.2) is 5.76 Å². The maximum absolute atomic E-state index is 12.1. The van der Waals surface area contributed by atoms with Crippen molar-refractivity contribution in [2.45, 2.75) is 13.0 Å². The molecule has 2 aromatic heterocycles. The summed E-state index contributed by atoms with van der Waals surface area (Å²) in [5.41, 5.74) is 0. The highest BCUT2D eigenvalue weighted by Gasteiger charge is 2.19. The van der Waals surface area contributed by atoms with E-state index in [-0.39, 0.29) is 18.1 Å². The Balaban J connectivity index is 2.09. The van der Waals surface area contributed by atoms with Gasteiger partial charge >= 0.3 is 0 Å². The van der Waals surface area contributed by atoms with Crippen LogP contribution in [0.4, 0.5) is 0 Å². The first-order chi connectivity index (χ1) is 8.81. The van der Waals surface area contributed by atoms with Gasteiger partial charge in [0.2, 0.25) is 0 Å². The predicted molar refractivity (Wildman–Crippen MR) is 62.4 cm³/mol. The van der Waals surface area contributed by atoms with E-state index in [1.165, 1.54) is 11.2 Å². The zero-order valence-corrected chi connectivity index (χ0v) is 9.70. The van der Waals surface area contributed by atoms with Crippen LogP contribution in [0.15, 0.2) is 45.6 Å². The number of nitrogens with zero attached hydrogens (tertiary/aromatic N) is 2. The first kappa shape index (κ1) is 12.0. The highest BCUT2D eigenvalue weighted by atomic mass is 16.3. The van der Waals surface area contributed by atoms with Crippen molar-refractivity contribution in [2.75, 3.05) is 6.54 Å². The third-order valence-electron chi connectivity index (χ3n) is 2.44. The summed E-state index contributed by atoms with van der Waals surface area (Å²) >= 11 is 0. The van der Waals surface area contributed by atoms with Crippen molar-refractivity contribution in [3.8, 4) is 6.07 Å². The quantitative estimate of drug-likeness (QED) is 0.809. The summed E-state index contributed by atoms with van der Waals surface area (Å²) < 4.78 is 10.3. The maximum Gasteiger partial charge on any atom is 0.289 e. The molecule has 0 aliphatic carbocycles. The van der Waals surface area contributed by atoms with E-state index in [0.29, 0.717) is 18.8 Å².